The molecule has 0 aliphatic heterocycles. The van der Waals surface area contributed by atoms with Crippen LogP contribution < -0.4 is 0 Å². The largest absolute Gasteiger partial charge is 0.481 e. The van der Waals surface area contributed by atoms with Crippen molar-refractivity contribution in [2.45, 2.75) is 13.8 Å². The lowest BCUT2D eigenvalue weighted by molar-refractivity contribution is -0.134. The van der Waals surface area contributed by atoms with Crippen molar-refractivity contribution < 1.29 is 19.4 Å². The van der Waals surface area contributed by atoms with Crippen molar-refractivity contribution in [3.05, 3.63) is 37.1 Å². The summed E-state index contributed by atoms with van der Waals surface area (Å²) in [5, 5.41) is 7.42. The molecule has 0 aliphatic carbocycles. The third-order valence-corrected chi connectivity index (χ3v) is 0.735. The Bertz CT molecular complexity index is 235. The summed E-state index contributed by atoms with van der Waals surface area (Å²) in [6.07, 6.45) is 7.58. The van der Waals surface area contributed by atoms with Crippen LogP contribution in [0.15, 0.2) is 37.1 Å². The van der Waals surface area contributed by atoms with Gasteiger partial charge in [0.2, 0.25) is 0 Å². The molecule has 0 aromatic carbocycles. The Kier molecular flexibility index (Phi) is 11.7. The zero-order chi connectivity index (χ0) is 11.4. The Balaban J connectivity index is 0. The molecule has 0 spiro atoms. The highest BCUT2D eigenvalue weighted by atomic mass is 16.5. The maximum absolute atomic E-state index is 10.5. The molecule has 78 valence electrons. The van der Waals surface area contributed by atoms with Crippen LogP contribution in [0.2, 0.25) is 0 Å². The second-order valence-corrected chi connectivity index (χ2v) is 2.01. The molecule has 0 bridgehead atoms. The van der Waals surface area contributed by atoms with Gasteiger partial charge in [0.25, 0.3) is 5.97 Å². The molecule has 4 heteroatoms. The SMILES string of the molecule is C=COC(=O)/C=C/C=C/C.CC(=O)O. The monoisotopic (exact) mass is 198 g/mol. The number of carboxylic acids is 1. The van der Waals surface area contributed by atoms with E-state index in [-0.39, 0.29) is 0 Å². The van der Waals surface area contributed by atoms with Crippen LogP contribution in [0.4, 0.5) is 0 Å². The summed E-state index contributed by atoms with van der Waals surface area (Å²) >= 11 is 0. The van der Waals surface area contributed by atoms with Crippen LogP contribution in [-0.2, 0) is 14.3 Å². The Morgan fingerprint density at radius 2 is 1.86 bits per heavy atom. The highest BCUT2D eigenvalue weighted by Gasteiger charge is 1.87. The minimum absolute atomic E-state index is 0.409. The van der Waals surface area contributed by atoms with E-state index in [2.05, 4.69) is 11.3 Å². The number of hydrogen-bond donors (Lipinski definition) is 1. The summed E-state index contributed by atoms with van der Waals surface area (Å²) < 4.78 is 4.39. The number of carboxylic acid groups (broad SMARTS) is 1. The molecule has 0 rings (SSSR count). The average Bonchev–Trinajstić information content (AvgIpc) is 2.04. The molecule has 0 aromatic heterocycles. The number of carbonyl (C=O) groups is 2. The number of hydrogen-bond acceptors (Lipinski definition) is 3. The van der Waals surface area contributed by atoms with Crippen LogP contribution in [-0.4, -0.2) is 17.0 Å². The van der Waals surface area contributed by atoms with E-state index < -0.39 is 11.9 Å². The zero-order valence-corrected chi connectivity index (χ0v) is 8.27. The lowest BCUT2D eigenvalue weighted by atomic mass is 10.4. The van der Waals surface area contributed by atoms with Crippen molar-refractivity contribution >= 4 is 11.9 Å². The van der Waals surface area contributed by atoms with E-state index in [9.17, 15) is 4.79 Å². The van der Waals surface area contributed by atoms with E-state index in [0.717, 1.165) is 13.2 Å². The first-order chi connectivity index (χ1) is 6.54. The Labute approximate surface area is 83.2 Å². The molecule has 0 unspecified atom stereocenters. The van der Waals surface area contributed by atoms with Gasteiger partial charge in [-0.2, -0.15) is 0 Å². The first-order valence-electron chi connectivity index (χ1n) is 3.85. The van der Waals surface area contributed by atoms with Crippen LogP contribution in [0.3, 0.4) is 0 Å². The third kappa shape index (κ3) is 22.5. The minimum Gasteiger partial charge on any atom is -0.481 e. The number of ether oxygens (including phenoxy) is 1. The van der Waals surface area contributed by atoms with Gasteiger partial charge >= 0.3 is 5.97 Å². The number of aliphatic carboxylic acids is 1. The maximum Gasteiger partial charge on any atom is 0.335 e. The predicted octanol–water partition coefficient (Wildman–Crippen LogP) is 1.90. The van der Waals surface area contributed by atoms with Gasteiger partial charge in [0, 0.05) is 13.0 Å². The van der Waals surface area contributed by atoms with Crippen molar-refractivity contribution in [3.63, 3.8) is 0 Å². The molecule has 0 heterocycles. The van der Waals surface area contributed by atoms with Gasteiger partial charge in [-0.3, -0.25) is 4.79 Å². The van der Waals surface area contributed by atoms with Crippen molar-refractivity contribution in [1.82, 2.24) is 0 Å². The molecule has 0 radical (unpaired) electrons. The Morgan fingerprint density at radius 1 is 1.36 bits per heavy atom. The summed E-state index contributed by atoms with van der Waals surface area (Å²) in [6.45, 7) is 6.18. The second kappa shape index (κ2) is 11.2. The first-order valence-corrected chi connectivity index (χ1v) is 3.85. The molecule has 4 nitrogen and oxygen atoms in total. The molecule has 0 atom stereocenters. The van der Waals surface area contributed by atoms with Crippen molar-refractivity contribution in [2.75, 3.05) is 0 Å². The summed E-state index contributed by atoms with van der Waals surface area (Å²) in [6, 6.07) is 0. The van der Waals surface area contributed by atoms with E-state index in [1.54, 1.807) is 12.2 Å². The van der Waals surface area contributed by atoms with E-state index in [1.165, 1.54) is 6.08 Å². The van der Waals surface area contributed by atoms with Crippen LogP contribution in [0.1, 0.15) is 13.8 Å². The zero-order valence-electron chi connectivity index (χ0n) is 8.27. The average molecular weight is 198 g/mol. The highest BCUT2D eigenvalue weighted by molar-refractivity contribution is 5.82. The van der Waals surface area contributed by atoms with E-state index >= 15 is 0 Å². The van der Waals surface area contributed by atoms with Crippen LogP contribution >= 0.6 is 0 Å². The van der Waals surface area contributed by atoms with Crippen LogP contribution in [0.5, 0.6) is 0 Å². The molecule has 1 N–H and O–H groups in total. The normalized spacial score (nSPS) is 9.29. The van der Waals surface area contributed by atoms with Gasteiger partial charge in [-0.05, 0) is 6.92 Å². The fraction of sp³-hybridized carbons (Fsp3) is 0.200. The summed E-state index contributed by atoms with van der Waals surface area (Å²) in [4.78, 5) is 19.5. The Hall–Kier alpha value is -1.84. The van der Waals surface area contributed by atoms with Gasteiger partial charge in [0.15, 0.2) is 0 Å². The van der Waals surface area contributed by atoms with Crippen molar-refractivity contribution in [2.24, 2.45) is 0 Å². The quantitative estimate of drug-likeness (QED) is 0.325. The molecule has 0 aliphatic rings. The lowest BCUT2D eigenvalue weighted by Gasteiger charge is -1.86. The molecule has 0 amide bonds. The standard InChI is InChI=1S/C8H10O2.C2H4O2/c1-3-5-6-7-8(9)10-4-2;1-2(3)4/h3-7H,2H2,1H3;1H3,(H,3,4)/b5-3+,7-6+;. The number of carbonyl (C=O) groups excluding carboxylic acids is 1. The number of esters is 1. The van der Waals surface area contributed by atoms with Gasteiger partial charge in [0.1, 0.15) is 0 Å². The number of rotatable bonds is 3. The first kappa shape index (κ1) is 14.7. The molecule has 14 heavy (non-hydrogen) atoms. The minimum atomic E-state index is -0.833. The van der Waals surface area contributed by atoms with Crippen LogP contribution in [0, 0.1) is 0 Å². The predicted molar refractivity (Wildman–Crippen MR) is 53.6 cm³/mol. The molecular formula is C10H14O4. The molecule has 0 saturated heterocycles. The highest BCUT2D eigenvalue weighted by Crippen LogP contribution is 1.82. The van der Waals surface area contributed by atoms with E-state index in [0.29, 0.717) is 0 Å². The summed E-state index contributed by atoms with van der Waals surface area (Å²) in [5.74, 6) is -1.24. The molecular weight excluding hydrogens is 184 g/mol. The fourth-order valence-electron chi connectivity index (χ4n) is 0.367. The molecule has 0 fully saturated rings. The molecule has 0 aromatic rings. The van der Waals surface area contributed by atoms with Gasteiger partial charge in [0.05, 0.1) is 6.26 Å². The Morgan fingerprint density at radius 3 is 2.21 bits per heavy atom. The summed E-state index contributed by atoms with van der Waals surface area (Å²) in [7, 11) is 0. The third-order valence-electron chi connectivity index (χ3n) is 0.735. The maximum atomic E-state index is 10.5. The van der Waals surface area contributed by atoms with Gasteiger partial charge < -0.3 is 9.84 Å². The topological polar surface area (TPSA) is 63.6 Å². The van der Waals surface area contributed by atoms with Gasteiger partial charge in [-0.1, -0.05) is 24.8 Å². The smallest absolute Gasteiger partial charge is 0.335 e. The lowest BCUT2D eigenvalue weighted by Crippen LogP contribution is -1.91. The summed E-state index contributed by atoms with van der Waals surface area (Å²) in [5.41, 5.74) is 0. The fourth-order valence-corrected chi connectivity index (χ4v) is 0.367. The van der Waals surface area contributed by atoms with Crippen molar-refractivity contribution in [3.8, 4) is 0 Å². The molecule has 0 saturated carbocycles. The van der Waals surface area contributed by atoms with Crippen molar-refractivity contribution in [1.29, 1.82) is 0 Å². The number of allylic oxidation sites excluding steroid dienone is 3. The van der Waals surface area contributed by atoms with E-state index in [1.807, 2.05) is 13.0 Å². The second-order valence-electron chi connectivity index (χ2n) is 2.01. The van der Waals surface area contributed by atoms with Gasteiger partial charge in [-0.15, -0.1) is 0 Å². The van der Waals surface area contributed by atoms with Crippen LogP contribution in [0.25, 0.3) is 0 Å². The van der Waals surface area contributed by atoms with E-state index in [4.69, 9.17) is 9.90 Å². The van der Waals surface area contributed by atoms with Gasteiger partial charge in [-0.25, -0.2) is 4.79 Å².